The molecule has 3 aromatic rings. The van der Waals surface area contributed by atoms with Crippen LogP contribution in [0.1, 0.15) is 21.5 Å². The van der Waals surface area contributed by atoms with E-state index in [0.717, 1.165) is 11.1 Å². The van der Waals surface area contributed by atoms with E-state index in [0.29, 0.717) is 38.2 Å². The second-order valence-corrected chi connectivity index (χ2v) is 8.58. The van der Waals surface area contributed by atoms with Gasteiger partial charge < -0.3 is 19.9 Å². The summed E-state index contributed by atoms with van der Waals surface area (Å²) in [7, 11) is 1.56. The SMILES string of the molecule is COc1cc(CNc2ccc(Cl)c(C(=O)O)c2)cc(Br)c1OCc1ccc(Cl)c(Cl)c1. The third-order valence-electron chi connectivity index (χ3n) is 4.35. The summed E-state index contributed by atoms with van der Waals surface area (Å²) in [5.74, 6) is 0.0204. The fourth-order valence-corrected chi connectivity index (χ4v) is 3.93. The number of nitrogens with one attached hydrogen (secondary N) is 1. The van der Waals surface area contributed by atoms with Crippen molar-refractivity contribution in [2.75, 3.05) is 12.4 Å². The lowest BCUT2D eigenvalue weighted by molar-refractivity contribution is 0.0697. The van der Waals surface area contributed by atoms with E-state index in [1.807, 2.05) is 18.2 Å². The minimum absolute atomic E-state index is 0.0384. The highest BCUT2D eigenvalue weighted by molar-refractivity contribution is 9.10. The molecule has 0 fully saturated rings. The molecule has 0 amide bonds. The number of methoxy groups -OCH3 is 1. The summed E-state index contributed by atoms with van der Waals surface area (Å²) in [5.41, 5.74) is 2.44. The summed E-state index contributed by atoms with van der Waals surface area (Å²) in [6.45, 7) is 0.717. The van der Waals surface area contributed by atoms with Gasteiger partial charge in [-0.05, 0) is 69.5 Å². The van der Waals surface area contributed by atoms with Gasteiger partial charge in [-0.2, -0.15) is 0 Å². The number of carbonyl (C=O) groups is 1. The molecule has 9 heteroatoms. The Morgan fingerprint density at radius 2 is 1.74 bits per heavy atom. The van der Waals surface area contributed by atoms with E-state index in [1.165, 1.54) is 6.07 Å². The van der Waals surface area contributed by atoms with Gasteiger partial charge in [0.1, 0.15) is 6.61 Å². The molecular weight excluding hydrogens is 529 g/mol. The molecule has 162 valence electrons. The fourth-order valence-electron chi connectivity index (χ4n) is 2.80. The van der Waals surface area contributed by atoms with Gasteiger partial charge in [0.25, 0.3) is 0 Å². The third kappa shape index (κ3) is 5.98. The molecule has 0 heterocycles. The molecule has 0 atom stereocenters. The molecule has 0 saturated heterocycles. The van der Waals surface area contributed by atoms with E-state index in [1.54, 1.807) is 31.4 Å². The smallest absolute Gasteiger partial charge is 0.337 e. The Labute approximate surface area is 203 Å². The average Bonchev–Trinajstić information content (AvgIpc) is 2.74. The number of halogens is 4. The number of carboxylic acid groups (broad SMARTS) is 1. The van der Waals surface area contributed by atoms with Crippen molar-refractivity contribution >= 4 is 62.4 Å². The molecule has 0 aliphatic rings. The van der Waals surface area contributed by atoms with Crippen molar-refractivity contribution < 1.29 is 19.4 Å². The van der Waals surface area contributed by atoms with Crippen LogP contribution in [0.15, 0.2) is 53.0 Å². The van der Waals surface area contributed by atoms with Crippen LogP contribution in [-0.4, -0.2) is 18.2 Å². The predicted octanol–water partition coefficient (Wildman–Crippen LogP) is 7.31. The van der Waals surface area contributed by atoms with Crippen LogP contribution in [0.5, 0.6) is 11.5 Å². The first-order chi connectivity index (χ1) is 14.8. The number of carboxylic acids is 1. The monoisotopic (exact) mass is 543 g/mol. The highest BCUT2D eigenvalue weighted by Crippen LogP contribution is 2.37. The largest absolute Gasteiger partial charge is 0.493 e. The lowest BCUT2D eigenvalue weighted by Crippen LogP contribution is -2.04. The molecule has 0 aromatic heterocycles. The van der Waals surface area contributed by atoms with Gasteiger partial charge in [0.15, 0.2) is 11.5 Å². The summed E-state index contributed by atoms with van der Waals surface area (Å²) in [5, 5.41) is 13.5. The molecule has 31 heavy (non-hydrogen) atoms. The summed E-state index contributed by atoms with van der Waals surface area (Å²) in [6.07, 6.45) is 0. The van der Waals surface area contributed by atoms with E-state index in [2.05, 4.69) is 21.2 Å². The summed E-state index contributed by atoms with van der Waals surface area (Å²) >= 11 is 21.5. The molecule has 0 radical (unpaired) electrons. The van der Waals surface area contributed by atoms with Crippen LogP contribution in [-0.2, 0) is 13.2 Å². The number of anilines is 1. The lowest BCUT2D eigenvalue weighted by atomic mass is 10.1. The van der Waals surface area contributed by atoms with Crippen LogP contribution in [0, 0.1) is 0 Å². The van der Waals surface area contributed by atoms with Crippen molar-refractivity contribution in [1.82, 2.24) is 0 Å². The van der Waals surface area contributed by atoms with Gasteiger partial charge in [-0.1, -0.05) is 40.9 Å². The zero-order valence-electron chi connectivity index (χ0n) is 16.2. The maximum absolute atomic E-state index is 11.3. The van der Waals surface area contributed by atoms with Crippen molar-refractivity contribution in [2.24, 2.45) is 0 Å². The minimum atomic E-state index is -1.08. The average molecular weight is 546 g/mol. The molecule has 3 rings (SSSR count). The van der Waals surface area contributed by atoms with Gasteiger partial charge >= 0.3 is 5.97 Å². The zero-order valence-corrected chi connectivity index (χ0v) is 20.1. The number of hydrogen-bond acceptors (Lipinski definition) is 4. The second-order valence-electron chi connectivity index (χ2n) is 6.50. The summed E-state index contributed by atoms with van der Waals surface area (Å²) in [6, 6.07) is 13.8. The fraction of sp³-hybridized carbons (Fsp3) is 0.136. The standard InChI is InChI=1S/C22H17BrCl3NO4/c1-30-20-8-13(10-27-14-3-5-17(24)15(9-14)22(28)29)6-16(23)21(20)31-11-12-2-4-18(25)19(26)7-12/h2-9,27H,10-11H2,1H3,(H,28,29). The quantitative estimate of drug-likeness (QED) is 0.311. The van der Waals surface area contributed by atoms with E-state index in [4.69, 9.17) is 44.3 Å². The van der Waals surface area contributed by atoms with Crippen LogP contribution in [0.3, 0.4) is 0 Å². The molecule has 0 aliphatic carbocycles. The first kappa shape index (κ1) is 23.5. The van der Waals surface area contributed by atoms with Gasteiger partial charge in [-0.15, -0.1) is 0 Å². The Morgan fingerprint density at radius 1 is 1.00 bits per heavy atom. The number of hydrogen-bond donors (Lipinski definition) is 2. The van der Waals surface area contributed by atoms with Crippen LogP contribution >= 0.6 is 50.7 Å². The molecule has 3 aromatic carbocycles. The van der Waals surface area contributed by atoms with E-state index in [-0.39, 0.29) is 17.2 Å². The molecule has 0 bridgehead atoms. The maximum atomic E-state index is 11.3. The predicted molar refractivity (Wildman–Crippen MR) is 127 cm³/mol. The minimum Gasteiger partial charge on any atom is -0.493 e. The molecule has 0 saturated carbocycles. The van der Waals surface area contributed by atoms with E-state index >= 15 is 0 Å². The highest BCUT2D eigenvalue weighted by Gasteiger charge is 2.14. The lowest BCUT2D eigenvalue weighted by Gasteiger charge is -2.15. The van der Waals surface area contributed by atoms with Gasteiger partial charge in [0.2, 0.25) is 0 Å². The first-order valence-electron chi connectivity index (χ1n) is 8.98. The van der Waals surface area contributed by atoms with Crippen molar-refractivity contribution in [3.63, 3.8) is 0 Å². The first-order valence-corrected chi connectivity index (χ1v) is 10.9. The normalized spacial score (nSPS) is 10.6. The molecule has 2 N–H and O–H groups in total. The number of aromatic carboxylic acids is 1. The molecule has 5 nitrogen and oxygen atoms in total. The van der Waals surface area contributed by atoms with Crippen LogP contribution < -0.4 is 14.8 Å². The van der Waals surface area contributed by atoms with Gasteiger partial charge in [0, 0.05) is 12.2 Å². The van der Waals surface area contributed by atoms with Crippen LogP contribution in [0.4, 0.5) is 5.69 Å². The van der Waals surface area contributed by atoms with Gasteiger partial charge in [0.05, 0.1) is 32.2 Å². The topological polar surface area (TPSA) is 67.8 Å². The number of benzene rings is 3. The van der Waals surface area contributed by atoms with Crippen LogP contribution in [0.25, 0.3) is 0 Å². The van der Waals surface area contributed by atoms with Gasteiger partial charge in [-0.25, -0.2) is 4.79 Å². The van der Waals surface area contributed by atoms with Crippen molar-refractivity contribution in [2.45, 2.75) is 13.2 Å². The number of ether oxygens (including phenoxy) is 2. The Morgan fingerprint density at radius 3 is 2.42 bits per heavy atom. The zero-order chi connectivity index (χ0) is 22.5. The van der Waals surface area contributed by atoms with E-state index in [9.17, 15) is 9.90 Å². The Kier molecular flexibility index (Phi) is 7.94. The van der Waals surface area contributed by atoms with E-state index < -0.39 is 5.97 Å². The summed E-state index contributed by atoms with van der Waals surface area (Å²) in [4.78, 5) is 11.3. The highest BCUT2D eigenvalue weighted by atomic mass is 79.9. The summed E-state index contributed by atoms with van der Waals surface area (Å²) < 4.78 is 12.1. The molecule has 0 aliphatic heterocycles. The Balaban J connectivity index is 1.73. The molecule has 0 spiro atoms. The number of rotatable bonds is 8. The maximum Gasteiger partial charge on any atom is 0.337 e. The second kappa shape index (κ2) is 10.5. The van der Waals surface area contributed by atoms with Crippen molar-refractivity contribution in [1.29, 1.82) is 0 Å². The Hall–Kier alpha value is -2.12. The molecule has 0 unspecified atom stereocenters. The third-order valence-corrected chi connectivity index (χ3v) is 6.01. The van der Waals surface area contributed by atoms with Crippen LogP contribution in [0.2, 0.25) is 15.1 Å². The Bertz CT molecular complexity index is 1120. The van der Waals surface area contributed by atoms with Crippen molar-refractivity contribution in [3.8, 4) is 11.5 Å². The molecular formula is C22H17BrCl3NO4. The van der Waals surface area contributed by atoms with Crippen molar-refractivity contribution in [3.05, 3.63) is 84.8 Å². The van der Waals surface area contributed by atoms with Gasteiger partial charge in [-0.3, -0.25) is 0 Å².